The number of piperazine rings is 1. The topological polar surface area (TPSA) is 95.8 Å². The minimum atomic E-state index is -3.51. The number of aryl methyl sites for hydroxylation is 2. The molecule has 3 rings (SSSR count). The Morgan fingerprint density at radius 2 is 2.00 bits per heavy atom. The van der Waals surface area contributed by atoms with Gasteiger partial charge in [-0.05, 0) is 19.9 Å². The molecular formula is C14H18N4O4S2. The highest BCUT2D eigenvalue weighted by Crippen LogP contribution is 2.28. The average molecular weight is 370 g/mol. The molecule has 1 N–H and O–H groups in total. The SMILES string of the molecule is Cc1cc(S(=O)(=O)N2CCN(C(=O)Nc3ccon3)CC2)c(C)s1. The maximum Gasteiger partial charge on any atom is 0.323 e. The summed E-state index contributed by atoms with van der Waals surface area (Å²) in [5.74, 6) is 0.333. The summed E-state index contributed by atoms with van der Waals surface area (Å²) in [6.45, 7) is 4.89. The third-order valence-electron chi connectivity index (χ3n) is 3.81. The lowest BCUT2D eigenvalue weighted by atomic mass is 10.4. The number of hydrogen-bond acceptors (Lipinski definition) is 6. The Kier molecular flexibility index (Phi) is 4.61. The van der Waals surface area contributed by atoms with E-state index in [2.05, 4.69) is 15.0 Å². The second-order valence-corrected chi connectivity index (χ2v) is 8.85. The first kappa shape index (κ1) is 16.9. The number of sulfonamides is 1. The summed E-state index contributed by atoms with van der Waals surface area (Å²) in [5, 5.41) is 6.22. The first-order valence-electron chi connectivity index (χ1n) is 7.41. The summed E-state index contributed by atoms with van der Waals surface area (Å²) in [6, 6.07) is 2.93. The summed E-state index contributed by atoms with van der Waals surface area (Å²) >= 11 is 1.47. The standard InChI is InChI=1S/C14H18N4O4S2/c1-10-9-12(11(2)23-10)24(20,21)18-6-4-17(5-7-18)14(19)15-13-3-8-22-16-13/h3,8-9H,4-7H2,1-2H3,(H,15,16,19). The van der Waals surface area contributed by atoms with Gasteiger partial charge in [0.25, 0.3) is 0 Å². The smallest absolute Gasteiger partial charge is 0.323 e. The number of nitrogens with zero attached hydrogens (tertiary/aromatic N) is 3. The number of carbonyl (C=O) groups excluding carboxylic acids is 1. The van der Waals surface area contributed by atoms with Crippen LogP contribution in [-0.2, 0) is 10.0 Å². The van der Waals surface area contributed by atoms with E-state index in [0.717, 1.165) is 9.75 Å². The van der Waals surface area contributed by atoms with E-state index in [0.29, 0.717) is 23.8 Å². The van der Waals surface area contributed by atoms with Crippen LogP contribution in [0.5, 0.6) is 0 Å². The van der Waals surface area contributed by atoms with E-state index in [1.54, 1.807) is 17.0 Å². The zero-order chi connectivity index (χ0) is 17.3. The fourth-order valence-electron chi connectivity index (χ4n) is 2.60. The molecule has 10 heteroatoms. The second kappa shape index (κ2) is 6.54. The number of nitrogens with one attached hydrogen (secondary N) is 1. The van der Waals surface area contributed by atoms with Crippen molar-refractivity contribution in [2.75, 3.05) is 31.5 Å². The molecule has 0 aromatic carbocycles. The molecule has 1 saturated heterocycles. The number of thiophene rings is 1. The van der Waals surface area contributed by atoms with Gasteiger partial charge < -0.3 is 9.42 Å². The number of carbonyl (C=O) groups is 1. The van der Waals surface area contributed by atoms with Crippen LogP contribution in [0.25, 0.3) is 0 Å². The molecule has 8 nitrogen and oxygen atoms in total. The molecule has 1 aliphatic rings. The Morgan fingerprint density at radius 1 is 1.29 bits per heavy atom. The molecule has 130 valence electrons. The van der Waals surface area contributed by atoms with Gasteiger partial charge >= 0.3 is 6.03 Å². The van der Waals surface area contributed by atoms with Crippen molar-refractivity contribution in [3.05, 3.63) is 28.2 Å². The molecule has 3 heterocycles. The van der Waals surface area contributed by atoms with Crippen LogP contribution >= 0.6 is 11.3 Å². The van der Waals surface area contributed by atoms with Gasteiger partial charge in [-0.2, -0.15) is 4.31 Å². The van der Waals surface area contributed by atoms with Gasteiger partial charge in [-0.1, -0.05) is 5.16 Å². The maximum absolute atomic E-state index is 12.7. The second-order valence-electron chi connectivity index (χ2n) is 5.48. The summed E-state index contributed by atoms with van der Waals surface area (Å²) in [4.78, 5) is 15.8. The van der Waals surface area contributed by atoms with Gasteiger partial charge in [0.2, 0.25) is 10.0 Å². The van der Waals surface area contributed by atoms with Gasteiger partial charge in [-0.3, -0.25) is 5.32 Å². The maximum atomic E-state index is 12.7. The van der Waals surface area contributed by atoms with E-state index in [9.17, 15) is 13.2 Å². The zero-order valence-corrected chi connectivity index (χ0v) is 15.0. The quantitative estimate of drug-likeness (QED) is 0.890. The summed E-state index contributed by atoms with van der Waals surface area (Å²) < 4.78 is 31.6. The van der Waals surface area contributed by atoms with Crippen LogP contribution in [-0.4, -0.2) is 55.0 Å². The van der Waals surface area contributed by atoms with E-state index in [4.69, 9.17) is 0 Å². The molecule has 0 aliphatic carbocycles. The van der Waals surface area contributed by atoms with Gasteiger partial charge in [-0.15, -0.1) is 11.3 Å². The number of hydrogen-bond donors (Lipinski definition) is 1. The third-order valence-corrected chi connectivity index (χ3v) is 6.93. The van der Waals surface area contributed by atoms with Crippen molar-refractivity contribution < 1.29 is 17.7 Å². The highest BCUT2D eigenvalue weighted by atomic mass is 32.2. The predicted molar refractivity (Wildman–Crippen MR) is 89.6 cm³/mol. The Balaban J connectivity index is 1.64. The van der Waals surface area contributed by atoms with Gasteiger partial charge in [0.1, 0.15) is 6.26 Å². The van der Waals surface area contributed by atoms with E-state index in [1.807, 2.05) is 13.8 Å². The lowest BCUT2D eigenvalue weighted by Gasteiger charge is -2.33. The molecule has 0 saturated carbocycles. The van der Waals surface area contributed by atoms with E-state index in [1.165, 1.54) is 21.9 Å². The van der Waals surface area contributed by atoms with E-state index in [-0.39, 0.29) is 19.1 Å². The van der Waals surface area contributed by atoms with Crippen molar-refractivity contribution in [3.8, 4) is 0 Å². The fraction of sp³-hybridized carbons (Fsp3) is 0.429. The molecule has 0 spiro atoms. The first-order chi connectivity index (χ1) is 11.4. The number of aromatic nitrogens is 1. The van der Waals surface area contributed by atoms with Crippen molar-refractivity contribution >= 4 is 33.2 Å². The number of rotatable bonds is 3. The lowest BCUT2D eigenvalue weighted by Crippen LogP contribution is -2.51. The highest BCUT2D eigenvalue weighted by molar-refractivity contribution is 7.89. The van der Waals surface area contributed by atoms with Crippen LogP contribution in [0.3, 0.4) is 0 Å². The molecule has 0 radical (unpaired) electrons. The van der Waals surface area contributed by atoms with E-state index >= 15 is 0 Å². The van der Waals surface area contributed by atoms with Crippen molar-refractivity contribution in [1.29, 1.82) is 0 Å². The summed E-state index contributed by atoms with van der Waals surface area (Å²) in [7, 11) is -3.51. The first-order valence-corrected chi connectivity index (χ1v) is 9.67. The van der Waals surface area contributed by atoms with Gasteiger partial charge in [0.05, 0.1) is 4.90 Å². The van der Waals surface area contributed by atoms with Crippen LogP contribution in [0, 0.1) is 13.8 Å². The van der Waals surface area contributed by atoms with Crippen LogP contribution < -0.4 is 5.32 Å². The summed E-state index contributed by atoms with van der Waals surface area (Å²) in [5.41, 5.74) is 0. The van der Waals surface area contributed by atoms with Gasteiger partial charge in [0.15, 0.2) is 5.82 Å². The van der Waals surface area contributed by atoms with Crippen molar-refractivity contribution in [2.45, 2.75) is 18.7 Å². The average Bonchev–Trinajstić information content (AvgIpc) is 3.17. The fourth-order valence-corrected chi connectivity index (χ4v) is 5.55. The molecule has 2 aromatic rings. The summed E-state index contributed by atoms with van der Waals surface area (Å²) in [6.07, 6.45) is 1.37. The Morgan fingerprint density at radius 3 is 2.54 bits per heavy atom. The van der Waals surface area contributed by atoms with Gasteiger partial charge in [-0.25, -0.2) is 13.2 Å². The molecule has 2 aromatic heterocycles. The number of urea groups is 1. The molecule has 0 atom stereocenters. The minimum absolute atomic E-state index is 0.267. The predicted octanol–water partition coefficient (Wildman–Crippen LogP) is 1.89. The number of amides is 2. The third kappa shape index (κ3) is 3.30. The van der Waals surface area contributed by atoms with Crippen LogP contribution in [0.1, 0.15) is 9.75 Å². The van der Waals surface area contributed by atoms with Crippen LogP contribution in [0.15, 0.2) is 27.8 Å². The molecule has 0 unspecified atom stereocenters. The Hall–Kier alpha value is -1.91. The van der Waals surface area contributed by atoms with Crippen molar-refractivity contribution in [3.63, 3.8) is 0 Å². The molecule has 1 aliphatic heterocycles. The largest absolute Gasteiger partial charge is 0.363 e. The minimum Gasteiger partial charge on any atom is -0.363 e. The number of anilines is 1. The van der Waals surface area contributed by atoms with Crippen LogP contribution in [0.2, 0.25) is 0 Å². The molecule has 0 bridgehead atoms. The molecule has 24 heavy (non-hydrogen) atoms. The van der Waals surface area contributed by atoms with Crippen molar-refractivity contribution in [1.82, 2.24) is 14.4 Å². The monoisotopic (exact) mass is 370 g/mol. The van der Waals surface area contributed by atoms with Crippen LogP contribution in [0.4, 0.5) is 10.6 Å². The molecule has 2 amide bonds. The zero-order valence-electron chi connectivity index (χ0n) is 13.4. The van der Waals surface area contributed by atoms with Gasteiger partial charge in [0, 0.05) is 42.0 Å². The molecular weight excluding hydrogens is 352 g/mol. The van der Waals surface area contributed by atoms with E-state index < -0.39 is 10.0 Å². The Bertz CT molecular complexity index is 821. The molecule has 1 fully saturated rings. The normalized spacial score (nSPS) is 16.3. The lowest BCUT2D eigenvalue weighted by molar-refractivity contribution is 0.184. The highest BCUT2D eigenvalue weighted by Gasteiger charge is 2.31. The van der Waals surface area contributed by atoms with Crippen molar-refractivity contribution in [2.24, 2.45) is 0 Å². The Labute approximate surface area is 144 Å².